The van der Waals surface area contributed by atoms with E-state index in [2.05, 4.69) is 10.3 Å². The number of hydrogen-bond acceptors (Lipinski definition) is 6. The number of benzene rings is 2. The molecule has 2 N–H and O–H groups in total. The van der Waals surface area contributed by atoms with Crippen molar-refractivity contribution in [3.05, 3.63) is 75.3 Å². The van der Waals surface area contributed by atoms with Crippen LogP contribution in [0.1, 0.15) is 11.3 Å². The minimum absolute atomic E-state index is 0.0286. The number of non-ortho nitro benzene ring substituents is 1. The van der Waals surface area contributed by atoms with Crippen LogP contribution in [0.3, 0.4) is 0 Å². The average Bonchev–Trinajstić information content (AvgIpc) is 3.09. The molecule has 0 aliphatic carbocycles. The third-order valence-electron chi connectivity index (χ3n) is 3.50. The number of rotatable bonds is 6. The number of aromatic nitrogens is 1. The highest BCUT2D eigenvalue weighted by molar-refractivity contribution is 7.13. The summed E-state index contributed by atoms with van der Waals surface area (Å²) in [6, 6.07) is 14.0. The molecule has 122 valence electrons. The molecule has 3 rings (SSSR count). The molecule has 0 amide bonds. The summed E-state index contributed by atoms with van der Waals surface area (Å²) < 4.78 is 0. The van der Waals surface area contributed by atoms with Crippen molar-refractivity contribution >= 4 is 22.7 Å². The molecule has 0 unspecified atom stereocenters. The maximum atomic E-state index is 10.9. The highest BCUT2D eigenvalue weighted by Gasteiger charge is 2.10. The zero-order valence-corrected chi connectivity index (χ0v) is 13.5. The van der Waals surface area contributed by atoms with Crippen molar-refractivity contribution in [1.82, 2.24) is 4.98 Å². The van der Waals surface area contributed by atoms with Crippen LogP contribution in [-0.2, 0) is 13.2 Å². The fourth-order valence-corrected chi connectivity index (χ4v) is 3.11. The van der Waals surface area contributed by atoms with E-state index in [1.165, 1.54) is 23.5 Å². The summed E-state index contributed by atoms with van der Waals surface area (Å²) in [7, 11) is 0. The van der Waals surface area contributed by atoms with Gasteiger partial charge in [-0.05, 0) is 6.07 Å². The van der Waals surface area contributed by atoms with Gasteiger partial charge < -0.3 is 10.4 Å². The van der Waals surface area contributed by atoms with Crippen molar-refractivity contribution in [1.29, 1.82) is 0 Å². The van der Waals surface area contributed by atoms with E-state index < -0.39 is 4.92 Å². The standard InChI is InChI=1S/C17H15N3O3S/c21-10-13-4-1-2-7-16(13)18-9-14-11-24-17(19-14)12-5-3-6-15(8-12)20(22)23/h1-8,11,18,21H,9-10H2. The molecule has 0 aliphatic heterocycles. The molecule has 0 saturated carbocycles. The van der Waals surface area contributed by atoms with Crippen molar-refractivity contribution in [2.45, 2.75) is 13.2 Å². The highest BCUT2D eigenvalue weighted by atomic mass is 32.1. The number of aliphatic hydroxyl groups is 1. The molecule has 7 heteroatoms. The van der Waals surface area contributed by atoms with Crippen molar-refractivity contribution in [2.75, 3.05) is 5.32 Å². The van der Waals surface area contributed by atoms with Crippen LogP contribution in [0.25, 0.3) is 10.6 Å². The minimum Gasteiger partial charge on any atom is -0.392 e. The molecule has 6 nitrogen and oxygen atoms in total. The first-order valence-electron chi connectivity index (χ1n) is 7.29. The summed E-state index contributed by atoms with van der Waals surface area (Å²) in [5.41, 5.74) is 3.32. The number of nitro benzene ring substituents is 1. The molecule has 1 aromatic heterocycles. The largest absolute Gasteiger partial charge is 0.392 e. The number of nitrogens with one attached hydrogen (secondary N) is 1. The van der Waals surface area contributed by atoms with Gasteiger partial charge in [-0.25, -0.2) is 4.98 Å². The Labute approximate surface area is 142 Å². The normalized spacial score (nSPS) is 10.5. The quantitative estimate of drug-likeness (QED) is 0.525. The Morgan fingerprint density at radius 2 is 2.04 bits per heavy atom. The van der Waals surface area contributed by atoms with Gasteiger partial charge in [0, 0.05) is 34.3 Å². The van der Waals surface area contributed by atoms with Gasteiger partial charge in [0.15, 0.2) is 0 Å². The average molecular weight is 341 g/mol. The Kier molecular flexibility index (Phi) is 4.83. The van der Waals surface area contributed by atoms with E-state index in [0.29, 0.717) is 6.54 Å². The smallest absolute Gasteiger partial charge is 0.270 e. The molecule has 0 saturated heterocycles. The lowest BCUT2D eigenvalue weighted by Gasteiger charge is -2.08. The van der Waals surface area contributed by atoms with Crippen LogP contribution in [0.5, 0.6) is 0 Å². The van der Waals surface area contributed by atoms with Gasteiger partial charge in [0.25, 0.3) is 5.69 Å². The fraction of sp³-hybridized carbons (Fsp3) is 0.118. The van der Waals surface area contributed by atoms with Gasteiger partial charge in [-0.2, -0.15) is 0 Å². The van der Waals surface area contributed by atoms with Crippen LogP contribution in [0.4, 0.5) is 11.4 Å². The van der Waals surface area contributed by atoms with E-state index >= 15 is 0 Å². The molecule has 3 aromatic rings. The Morgan fingerprint density at radius 1 is 1.21 bits per heavy atom. The molecule has 2 aromatic carbocycles. The molecule has 0 bridgehead atoms. The Bertz CT molecular complexity index is 864. The van der Waals surface area contributed by atoms with E-state index in [-0.39, 0.29) is 12.3 Å². The highest BCUT2D eigenvalue weighted by Crippen LogP contribution is 2.27. The van der Waals surface area contributed by atoms with Gasteiger partial charge in [0.2, 0.25) is 0 Å². The molecule has 1 heterocycles. The van der Waals surface area contributed by atoms with Gasteiger partial charge >= 0.3 is 0 Å². The summed E-state index contributed by atoms with van der Waals surface area (Å²) in [6.45, 7) is 0.488. The molecule has 0 spiro atoms. The first-order chi connectivity index (χ1) is 11.7. The van der Waals surface area contributed by atoms with Crippen LogP contribution >= 0.6 is 11.3 Å². The van der Waals surface area contributed by atoms with Crippen molar-refractivity contribution < 1.29 is 10.0 Å². The number of anilines is 1. The molecular weight excluding hydrogens is 326 g/mol. The Balaban J connectivity index is 1.74. The summed E-state index contributed by atoms with van der Waals surface area (Å²) in [6.07, 6.45) is 0. The van der Waals surface area contributed by atoms with Gasteiger partial charge in [0.1, 0.15) is 5.01 Å². The second-order valence-corrected chi connectivity index (χ2v) is 5.98. The lowest BCUT2D eigenvalue weighted by molar-refractivity contribution is -0.384. The van der Waals surface area contributed by atoms with Gasteiger partial charge in [-0.3, -0.25) is 10.1 Å². The minimum atomic E-state index is -0.411. The number of hydrogen-bond donors (Lipinski definition) is 2. The summed E-state index contributed by atoms with van der Waals surface area (Å²) >= 11 is 1.45. The SMILES string of the molecule is O=[N+]([O-])c1cccc(-c2nc(CNc3ccccc3CO)cs2)c1. The zero-order chi connectivity index (χ0) is 16.9. The predicted octanol–water partition coefficient (Wildman–Crippen LogP) is 3.82. The van der Waals surface area contributed by atoms with Crippen molar-refractivity contribution in [3.63, 3.8) is 0 Å². The number of para-hydroxylation sites is 1. The second kappa shape index (κ2) is 7.20. The summed E-state index contributed by atoms with van der Waals surface area (Å²) in [4.78, 5) is 15.0. The topological polar surface area (TPSA) is 88.3 Å². The number of nitro groups is 1. The molecule has 0 radical (unpaired) electrons. The monoisotopic (exact) mass is 341 g/mol. The van der Waals surface area contributed by atoms with Crippen LogP contribution < -0.4 is 5.32 Å². The second-order valence-electron chi connectivity index (χ2n) is 5.12. The maximum Gasteiger partial charge on any atom is 0.270 e. The van der Waals surface area contributed by atoms with Gasteiger partial charge in [0.05, 0.1) is 23.8 Å². The fourth-order valence-electron chi connectivity index (χ4n) is 2.29. The van der Waals surface area contributed by atoms with Gasteiger partial charge in [-0.1, -0.05) is 30.3 Å². The van der Waals surface area contributed by atoms with Crippen LogP contribution in [0.15, 0.2) is 53.9 Å². The molecule has 0 aliphatic rings. The van der Waals surface area contributed by atoms with Crippen molar-refractivity contribution in [3.8, 4) is 10.6 Å². The van der Waals surface area contributed by atoms with Crippen molar-refractivity contribution in [2.24, 2.45) is 0 Å². The van der Waals surface area contributed by atoms with E-state index in [1.807, 2.05) is 35.7 Å². The van der Waals surface area contributed by atoms with E-state index in [9.17, 15) is 15.2 Å². The third kappa shape index (κ3) is 3.58. The molecule has 0 fully saturated rings. The van der Waals surface area contributed by atoms with Crippen LogP contribution in [0, 0.1) is 10.1 Å². The first kappa shape index (κ1) is 16.1. The van der Waals surface area contributed by atoms with E-state index in [0.717, 1.165) is 27.5 Å². The number of aliphatic hydroxyl groups excluding tert-OH is 1. The van der Waals surface area contributed by atoms with E-state index in [4.69, 9.17) is 0 Å². The first-order valence-corrected chi connectivity index (χ1v) is 8.17. The maximum absolute atomic E-state index is 10.9. The Hall–Kier alpha value is -2.77. The van der Waals surface area contributed by atoms with Crippen LogP contribution in [0.2, 0.25) is 0 Å². The Morgan fingerprint density at radius 3 is 2.83 bits per heavy atom. The molecular formula is C17H15N3O3S. The lowest BCUT2D eigenvalue weighted by Crippen LogP contribution is -2.02. The number of thiazole rings is 1. The molecule has 0 atom stereocenters. The zero-order valence-electron chi connectivity index (χ0n) is 12.7. The van der Waals surface area contributed by atoms with Crippen LogP contribution in [-0.4, -0.2) is 15.0 Å². The third-order valence-corrected chi connectivity index (χ3v) is 4.44. The predicted molar refractivity (Wildman–Crippen MR) is 93.9 cm³/mol. The van der Waals surface area contributed by atoms with E-state index in [1.54, 1.807) is 6.07 Å². The lowest BCUT2D eigenvalue weighted by atomic mass is 10.2. The molecule has 24 heavy (non-hydrogen) atoms. The van der Waals surface area contributed by atoms with Gasteiger partial charge in [-0.15, -0.1) is 11.3 Å². The summed E-state index contributed by atoms with van der Waals surface area (Å²) in [5.74, 6) is 0. The summed E-state index contributed by atoms with van der Waals surface area (Å²) in [5, 5.41) is 26.1. The number of nitrogens with zero attached hydrogens (tertiary/aromatic N) is 2.